The highest BCUT2D eigenvalue weighted by Gasteiger charge is 2.24. The Balaban J connectivity index is 1.84. The van der Waals surface area contributed by atoms with Crippen molar-refractivity contribution < 1.29 is 9.59 Å². The second-order valence-corrected chi connectivity index (χ2v) is 5.38. The molecule has 1 amide bonds. The first kappa shape index (κ1) is 12.6. The average molecular weight is 315 g/mol. The third-order valence-corrected chi connectivity index (χ3v) is 4.02. The average Bonchev–Trinajstić information content (AvgIpc) is 2.70. The lowest BCUT2D eigenvalue weighted by molar-refractivity contribution is -0.118. The van der Waals surface area contributed by atoms with Gasteiger partial charge in [0.25, 0.3) is 0 Å². The lowest BCUT2D eigenvalue weighted by Gasteiger charge is -2.06. The molecule has 0 aromatic rings. The molecule has 0 spiro atoms. The van der Waals surface area contributed by atoms with Crippen LogP contribution >= 0.6 is 27.7 Å². The molecule has 6 heteroatoms. The van der Waals surface area contributed by atoms with Crippen LogP contribution in [-0.2, 0) is 9.59 Å². The molecule has 1 heterocycles. The number of allylic oxidation sites excluding steroid dienone is 4. The minimum absolute atomic E-state index is 0.0136. The van der Waals surface area contributed by atoms with Crippen LogP contribution < -0.4 is 5.32 Å². The maximum absolute atomic E-state index is 11.2. The number of hydrogen-bond acceptors (Lipinski definition) is 4. The molecule has 0 fully saturated rings. The summed E-state index contributed by atoms with van der Waals surface area (Å²) < 4.78 is 0. The first-order valence-corrected chi connectivity index (χ1v) is 7.20. The van der Waals surface area contributed by atoms with Crippen LogP contribution in [0.5, 0.6) is 0 Å². The Morgan fingerprint density at radius 2 is 2.35 bits per heavy atom. The van der Waals surface area contributed by atoms with E-state index >= 15 is 0 Å². The number of nitrogens with zero attached hydrogens (tertiary/aromatic N) is 1. The van der Waals surface area contributed by atoms with Crippen LogP contribution in [0.3, 0.4) is 0 Å². The highest BCUT2D eigenvalue weighted by molar-refractivity contribution is 9.09. The Labute approximate surface area is 112 Å². The van der Waals surface area contributed by atoms with Gasteiger partial charge in [0.2, 0.25) is 5.91 Å². The van der Waals surface area contributed by atoms with Crippen molar-refractivity contribution in [3.63, 3.8) is 0 Å². The zero-order valence-electron chi connectivity index (χ0n) is 8.98. The molecule has 1 unspecified atom stereocenters. The SMILES string of the molecule is O=C1C=CC2=NC(CCNC(=O)CBr)SC2=C1. The van der Waals surface area contributed by atoms with Crippen molar-refractivity contribution in [1.29, 1.82) is 0 Å². The summed E-state index contributed by atoms with van der Waals surface area (Å²) in [7, 11) is 0. The van der Waals surface area contributed by atoms with Gasteiger partial charge in [0.15, 0.2) is 5.78 Å². The summed E-state index contributed by atoms with van der Waals surface area (Å²) in [6.45, 7) is 0.601. The molecule has 0 bridgehead atoms. The molecule has 2 aliphatic rings. The van der Waals surface area contributed by atoms with Crippen molar-refractivity contribution in [2.75, 3.05) is 11.9 Å². The Bertz CT molecular complexity index is 443. The molecule has 2 rings (SSSR count). The van der Waals surface area contributed by atoms with Crippen LogP contribution in [0.25, 0.3) is 0 Å². The number of rotatable bonds is 4. The van der Waals surface area contributed by atoms with Crippen LogP contribution in [0.2, 0.25) is 0 Å². The third-order valence-electron chi connectivity index (χ3n) is 2.31. The Morgan fingerprint density at radius 3 is 3.12 bits per heavy atom. The fraction of sp³-hybridized carbons (Fsp3) is 0.364. The van der Waals surface area contributed by atoms with Gasteiger partial charge in [-0.05, 0) is 18.6 Å². The van der Waals surface area contributed by atoms with Gasteiger partial charge < -0.3 is 5.32 Å². The number of carbonyl (C=O) groups excluding carboxylic acids is 2. The van der Waals surface area contributed by atoms with Gasteiger partial charge in [-0.25, -0.2) is 0 Å². The van der Waals surface area contributed by atoms with E-state index in [9.17, 15) is 9.59 Å². The lowest BCUT2D eigenvalue weighted by atomic mass is 10.1. The van der Waals surface area contributed by atoms with E-state index in [2.05, 4.69) is 26.2 Å². The quantitative estimate of drug-likeness (QED) is 0.631. The van der Waals surface area contributed by atoms with E-state index in [-0.39, 0.29) is 17.1 Å². The van der Waals surface area contributed by atoms with Gasteiger partial charge in [-0.15, -0.1) is 0 Å². The molecule has 4 nitrogen and oxygen atoms in total. The standard InChI is InChI=1S/C11H11BrN2O2S/c12-6-10(16)13-4-3-11-14-8-2-1-7(15)5-9(8)17-11/h1-2,5,11H,3-4,6H2,(H,13,16). The molecule has 0 aromatic heterocycles. The number of nitrogens with one attached hydrogen (secondary N) is 1. The van der Waals surface area contributed by atoms with Crippen LogP contribution in [-0.4, -0.2) is 34.7 Å². The number of aliphatic imine (C=N–C) groups is 1. The molecule has 1 aliphatic carbocycles. The number of ketones is 1. The van der Waals surface area contributed by atoms with E-state index in [1.54, 1.807) is 23.9 Å². The second kappa shape index (κ2) is 5.64. The third kappa shape index (κ3) is 3.29. The van der Waals surface area contributed by atoms with Crippen LogP contribution in [0.1, 0.15) is 6.42 Å². The summed E-state index contributed by atoms with van der Waals surface area (Å²) in [5, 5.41) is 3.20. The van der Waals surface area contributed by atoms with Crippen molar-refractivity contribution >= 4 is 45.1 Å². The second-order valence-electron chi connectivity index (χ2n) is 3.60. The summed E-state index contributed by atoms with van der Waals surface area (Å²) in [4.78, 5) is 27.6. The van der Waals surface area contributed by atoms with E-state index in [1.807, 2.05) is 0 Å². The van der Waals surface area contributed by atoms with Gasteiger partial charge in [0.1, 0.15) is 5.37 Å². The van der Waals surface area contributed by atoms with Crippen molar-refractivity contribution in [2.24, 2.45) is 4.99 Å². The summed E-state index contributed by atoms with van der Waals surface area (Å²) in [6, 6.07) is 0. The largest absolute Gasteiger partial charge is 0.355 e. The van der Waals surface area contributed by atoms with E-state index in [0.717, 1.165) is 17.0 Å². The molecule has 0 aromatic carbocycles. The normalized spacial score (nSPS) is 21.9. The zero-order valence-corrected chi connectivity index (χ0v) is 11.4. The number of alkyl halides is 1. The van der Waals surface area contributed by atoms with E-state index < -0.39 is 0 Å². The summed E-state index contributed by atoms with van der Waals surface area (Å²) in [5.41, 5.74) is 0.881. The summed E-state index contributed by atoms with van der Waals surface area (Å²) in [5.74, 6) is -0.00736. The number of hydrogen-bond donors (Lipinski definition) is 1. The molecule has 17 heavy (non-hydrogen) atoms. The van der Waals surface area contributed by atoms with Crippen molar-refractivity contribution in [2.45, 2.75) is 11.8 Å². The zero-order chi connectivity index (χ0) is 12.3. The van der Waals surface area contributed by atoms with E-state index in [0.29, 0.717) is 11.9 Å². The maximum atomic E-state index is 11.2. The van der Waals surface area contributed by atoms with Crippen molar-refractivity contribution in [3.8, 4) is 0 Å². The predicted octanol–water partition coefficient (Wildman–Crippen LogP) is 1.42. The smallest absolute Gasteiger partial charge is 0.230 e. The first-order chi connectivity index (χ1) is 8.19. The molecule has 1 N–H and O–H groups in total. The van der Waals surface area contributed by atoms with Gasteiger partial charge in [0, 0.05) is 17.5 Å². The molecule has 1 atom stereocenters. The van der Waals surface area contributed by atoms with E-state index in [1.165, 1.54) is 6.08 Å². The van der Waals surface area contributed by atoms with Gasteiger partial charge in [-0.3, -0.25) is 14.6 Å². The summed E-state index contributed by atoms with van der Waals surface area (Å²) >= 11 is 4.66. The number of fused-ring (bicyclic) bond motifs is 1. The Morgan fingerprint density at radius 1 is 1.53 bits per heavy atom. The number of carbonyl (C=O) groups is 2. The molecule has 0 saturated carbocycles. The molecular formula is C11H11BrN2O2S. The molecule has 0 saturated heterocycles. The van der Waals surface area contributed by atoms with Gasteiger partial charge in [0.05, 0.1) is 11.0 Å². The van der Waals surface area contributed by atoms with Gasteiger partial charge in [-0.2, -0.15) is 0 Å². The number of halogens is 1. The lowest BCUT2D eigenvalue weighted by Crippen LogP contribution is -2.26. The van der Waals surface area contributed by atoms with Crippen molar-refractivity contribution in [3.05, 3.63) is 23.1 Å². The Kier molecular flexibility index (Phi) is 4.17. The molecule has 0 radical (unpaired) electrons. The molecule has 1 aliphatic heterocycles. The minimum atomic E-state index is -0.0210. The minimum Gasteiger partial charge on any atom is -0.355 e. The Hall–Kier alpha value is -0.880. The maximum Gasteiger partial charge on any atom is 0.230 e. The highest BCUT2D eigenvalue weighted by Crippen LogP contribution is 2.34. The topological polar surface area (TPSA) is 58.5 Å². The van der Waals surface area contributed by atoms with Crippen molar-refractivity contribution in [1.82, 2.24) is 5.32 Å². The van der Waals surface area contributed by atoms with Gasteiger partial charge in [-0.1, -0.05) is 27.7 Å². The number of thioether (sulfide) groups is 1. The molecule has 90 valence electrons. The molecular weight excluding hydrogens is 304 g/mol. The van der Waals surface area contributed by atoms with E-state index in [4.69, 9.17) is 0 Å². The summed E-state index contributed by atoms with van der Waals surface area (Å²) in [6.07, 6.45) is 5.66. The van der Waals surface area contributed by atoms with Crippen LogP contribution in [0, 0.1) is 0 Å². The fourth-order valence-corrected chi connectivity index (χ4v) is 2.85. The number of amides is 1. The van der Waals surface area contributed by atoms with Crippen LogP contribution in [0.15, 0.2) is 28.1 Å². The van der Waals surface area contributed by atoms with Gasteiger partial charge >= 0.3 is 0 Å². The monoisotopic (exact) mass is 314 g/mol. The first-order valence-electron chi connectivity index (χ1n) is 5.20. The highest BCUT2D eigenvalue weighted by atomic mass is 79.9. The van der Waals surface area contributed by atoms with Crippen LogP contribution in [0.4, 0.5) is 0 Å². The predicted molar refractivity (Wildman–Crippen MR) is 72.5 cm³/mol. The fourth-order valence-electron chi connectivity index (χ4n) is 1.53.